The molecule has 0 aliphatic carbocycles. The third kappa shape index (κ3) is 9.13. The topological polar surface area (TPSA) is 0 Å². The van der Waals surface area contributed by atoms with E-state index in [2.05, 4.69) is 27.5 Å². The Hall–Kier alpha value is 1.04. The number of hydrogen-bond acceptors (Lipinski definition) is 0. The third-order valence-corrected chi connectivity index (χ3v) is 8.71. The summed E-state index contributed by atoms with van der Waals surface area (Å²) in [5, 5.41) is 3.05. The zero-order valence-electron chi connectivity index (χ0n) is 8.47. The molecule has 0 bridgehead atoms. The molecule has 0 rings (SSSR count). The average molecular weight is 300 g/mol. The first-order chi connectivity index (χ1) is 5.81. The van der Waals surface area contributed by atoms with Crippen molar-refractivity contribution in [1.82, 2.24) is 0 Å². The summed E-state index contributed by atoms with van der Waals surface area (Å²) in [5.41, 5.74) is 0. The summed E-state index contributed by atoms with van der Waals surface area (Å²) in [6.07, 6.45) is 8.56. The monoisotopic (exact) mass is 302 g/mol. The predicted octanol–water partition coefficient (Wildman–Crippen LogP) is 3.53. The first-order valence-corrected chi connectivity index (χ1v) is 11.9. The molecule has 0 spiro atoms. The van der Waals surface area contributed by atoms with Crippen LogP contribution in [0.3, 0.4) is 0 Å². The number of hydrogen-bond donors (Lipinski definition) is 0. The van der Waals surface area contributed by atoms with Crippen molar-refractivity contribution in [2.75, 3.05) is 0 Å². The Labute approximate surface area is 88.1 Å². The second kappa shape index (κ2) is 10.1. The van der Waals surface area contributed by atoms with Gasteiger partial charge in [0.15, 0.2) is 0 Å². The van der Waals surface area contributed by atoms with Crippen LogP contribution in [0, 0.1) is 0 Å². The fourth-order valence-corrected chi connectivity index (χ4v) is 6.33. The van der Waals surface area contributed by atoms with E-state index in [-0.39, 0.29) is 11.5 Å². The molecule has 12 heavy (non-hydrogen) atoms. The van der Waals surface area contributed by atoms with E-state index in [1.165, 1.54) is 49.2 Å². The molecule has 0 aliphatic heterocycles. The van der Waals surface area contributed by atoms with Crippen LogP contribution < -0.4 is 0 Å². The van der Waals surface area contributed by atoms with Gasteiger partial charge < -0.3 is 0 Å². The van der Waals surface area contributed by atoms with Gasteiger partial charge in [0.25, 0.3) is 0 Å². The van der Waals surface area contributed by atoms with Crippen molar-refractivity contribution in [3.63, 3.8) is 0 Å². The first kappa shape index (κ1) is 13.0. The second-order valence-corrected chi connectivity index (χ2v) is 12.0. The van der Waals surface area contributed by atoms with Gasteiger partial charge in [0.05, 0.1) is 0 Å². The fraction of sp³-hybridized carbons (Fsp3) is 1.00. The Morgan fingerprint density at radius 2 is 1.25 bits per heavy atom. The van der Waals surface area contributed by atoms with E-state index in [9.17, 15) is 0 Å². The molecule has 0 unspecified atom stereocenters. The minimum atomic E-state index is -0.266. The second-order valence-electron chi connectivity index (χ2n) is 3.26. The van der Waals surface area contributed by atoms with E-state index in [0.29, 0.717) is 0 Å². The third-order valence-electron chi connectivity index (χ3n) is 1.95. The van der Waals surface area contributed by atoms with Crippen LogP contribution in [0.15, 0.2) is 0 Å². The molecular weight excluding hydrogens is 278 g/mol. The molecule has 0 radical (unpaired) electrons. The summed E-state index contributed by atoms with van der Waals surface area (Å²) in [7, 11) is 0. The van der Waals surface area contributed by atoms with Gasteiger partial charge >= 0.3 is 88.2 Å². The van der Waals surface area contributed by atoms with Crippen LogP contribution in [0.25, 0.3) is 0 Å². The summed E-state index contributed by atoms with van der Waals surface area (Å²) in [4.78, 5) is 0. The Bertz CT molecular complexity index is 98.4. The molecule has 74 valence electrons. The molecule has 0 atom stereocenters. The van der Waals surface area contributed by atoms with E-state index in [0.717, 1.165) is 0 Å². The maximum absolute atomic E-state index is 3.42. The molecule has 0 aromatic carbocycles. The Kier molecular flexibility index (Phi) is 11.0. The van der Waals surface area contributed by atoms with Crippen molar-refractivity contribution in [3.05, 3.63) is 0 Å². The fourth-order valence-electron chi connectivity index (χ4n) is 1.13. The van der Waals surface area contributed by atoms with Crippen molar-refractivity contribution < 1.29 is 0 Å². The van der Waals surface area contributed by atoms with E-state index < -0.39 is 0 Å². The SMILES string of the molecule is CCCCC[Se](=[Se])CCCCC. The molecule has 0 aliphatic rings. The normalized spacial score (nSPS) is 10.9. The van der Waals surface area contributed by atoms with Gasteiger partial charge in [0.1, 0.15) is 0 Å². The molecule has 0 N–H and O–H groups in total. The molecule has 0 fully saturated rings. The van der Waals surface area contributed by atoms with E-state index in [4.69, 9.17) is 0 Å². The maximum atomic E-state index is 3.42. The van der Waals surface area contributed by atoms with Crippen LogP contribution in [0.4, 0.5) is 0 Å². The molecular formula is C10H22Se2. The van der Waals surface area contributed by atoms with Crippen LogP contribution in [0.2, 0.25) is 10.6 Å². The summed E-state index contributed by atoms with van der Waals surface area (Å²) in [5.74, 6) is 0. The Morgan fingerprint density at radius 1 is 0.833 bits per heavy atom. The van der Waals surface area contributed by atoms with Crippen molar-refractivity contribution in [3.8, 4) is 0 Å². The summed E-state index contributed by atoms with van der Waals surface area (Å²) >= 11 is 3.15. The number of rotatable bonds is 8. The zero-order chi connectivity index (χ0) is 9.23. The van der Waals surface area contributed by atoms with Gasteiger partial charge in [0.2, 0.25) is 0 Å². The van der Waals surface area contributed by atoms with Crippen LogP contribution >= 0.6 is 0 Å². The van der Waals surface area contributed by atoms with Crippen LogP contribution in [0.1, 0.15) is 52.4 Å². The van der Waals surface area contributed by atoms with Crippen LogP contribution in [-0.2, 0) is 0 Å². The predicted molar refractivity (Wildman–Crippen MR) is 60.2 cm³/mol. The van der Waals surface area contributed by atoms with Crippen molar-refractivity contribution in [1.29, 1.82) is 0 Å². The zero-order valence-corrected chi connectivity index (χ0v) is 11.9. The van der Waals surface area contributed by atoms with Gasteiger partial charge in [-0.15, -0.1) is 0 Å². The molecule has 2 heteroatoms. The van der Waals surface area contributed by atoms with E-state index in [1.807, 2.05) is 0 Å². The Morgan fingerprint density at radius 3 is 1.58 bits per heavy atom. The van der Waals surface area contributed by atoms with Gasteiger partial charge in [-0.1, -0.05) is 0 Å². The van der Waals surface area contributed by atoms with E-state index in [1.54, 1.807) is 0 Å². The molecule has 0 saturated carbocycles. The van der Waals surface area contributed by atoms with Gasteiger partial charge in [-0.25, -0.2) is 0 Å². The molecule has 0 amide bonds. The summed E-state index contributed by atoms with van der Waals surface area (Å²) < 4.78 is 0. The van der Waals surface area contributed by atoms with Crippen LogP contribution in [-0.4, -0.2) is 25.2 Å². The van der Waals surface area contributed by atoms with Gasteiger partial charge in [0, 0.05) is 0 Å². The first-order valence-electron chi connectivity index (χ1n) is 5.16. The summed E-state index contributed by atoms with van der Waals surface area (Å²) in [6, 6.07) is 0. The molecule has 0 heterocycles. The molecule has 0 aromatic heterocycles. The molecule has 0 aromatic rings. The number of unbranched alkanes of at least 4 members (excludes halogenated alkanes) is 4. The quantitative estimate of drug-likeness (QED) is 0.475. The average Bonchev–Trinajstić information content (AvgIpc) is 2.06. The van der Waals surface area contributed by atoms with Crippen LogP contribution in [0.5, 0.6) is 0 Å². The van der Waals surface area contributed by atoms with Crippen molar-refractivity contribution in [2.24, 2.45) is 0 Å². The van der Waals surface area contributed by atoms with Gasteiger partial charge in [-0.3, -0.25) is 0 Å². The van der Waals surface area contributed by atoms with Crippen molar-refractivity contribution in [2.45, 2.75) is 63.0 Å². The van der Waals surface area contributed by atoms with Crippen molar-refractivity contribution >= 4 is 25.2 Å². The van der Waals surface area contributed by atoms with E-state index >= 15 is 0 Å². The van der Waals surface area contributed by atoms with Gasteiger partial charge in [-0.05, 0) is 0 Å². The molecule has 0 saturated heterocycles. The standard InChI is InChI=1S/C10H22Se2/c1-3-5-7-9-12(11)10-8-6-4-2/h3-10H2,1-2H3. The summed E-state index contributed by atoms with van der Waals surface area (Å²) in [6.45, 7) is 4.57. The minimum absolute atomic E-state index is 0.266. The van der Waals surface area contributed by atoms with Gasteiger partial charge in [-0.2, -0.15) is 0 Å². The molecule has 0 nitrogen and oxygen atoms in total. The Balaban J connectivity index is 3.10.